The molecule has 4 N–H and O–H groups in total. The minimum Gasteiger partial charge on any atom is -0.391 e. The van der Waals surface area contributed by atoms with Crippen LogP contribution in [0.25, 0.3) is 0 Å². The van der Waals surface area contributed by atoms with Gasteiger partial charge in [0, 0.05) is 17.6 Å². The van der Waals surface area contributed by atoms with Crippen LogP contribution in [-0.2, 0) is 20.2 Å². The highest BCUT2D eigenvalue weighted by Gasteiger charge is 2.44. The fraction of sp³-hybridized carbons (Fsp3) is 0.562. The van der Waals surface area contributed by atoms with Crippen LogP contribution in [0.1, 0.15) is 24.8 Å². The summed E-state index contributed by atoms with van der Waals surface area (Å²) in [6.45, 7) is 0.629. The van der Waals surface area contributed by atoms with E-state index in [1.165, 1.54) is 4.90 Å². The second-order valence-corrected chi connectivity index (χ2v) is 8.70. The maximum atomic E-state index is 12.2. The quantitative estimate of drug-likeness (QED) is 0.672. The highest BCUT2D eigenvalue weighted by atomic mass is 32.2. The fourth-order valence-electron chi connectivity index (χ4n) is 3.18. The third kappa shape index (κ3) is 3.61. The van der Waals surface area contributed by atoms with Crippen LogP contribution in [-0.4, -0.2) is 50.9 Å². The largest absolute Gasteiger partial charge is 0.391 e. The Kier molecular flexibility index (Phi) is 4.41. The zero-order chi connectivity index (χ0) is 17.5. The van der Waals surface area contributed by atoms with Crippen molar-refractivity contribution in [2.45, 2.75) is 36.8 Å². The van der Waals surface area contributed by atoms with Crippen LogP contribution in [0.2, 0.25) is 0 Å². The number of carbonyl (C=O) groups excluding carboxylic acids is 1. The van der Waals surface area contributed by atoms with Crippen molar-refractivity contribution in [1.29, 1.82) is 0 Å². The van der Waals surface area contributed by atoms with E-state index in [0.29, 0.717) is 12.2 Å². The Morgan fingerprint density at radius 2 is 1.96 bits per heavy atom. The van der Waals surface area contributed by atoms with Gasteiger partial charge in [-0.25, -0.2) is 13.1 Å². The van der Waals surface area contributed by atoms with Crippen LogP contribution in [0.15, 0.2) is 24.3 Å². The number of sulfonamides is 1. The lowest BCUT2D eigenvalue weighted by Crippen LogP contribution is -2.53. The number of nitrogens with two attached hydrogens (primary N) is 1. The number of piperidine rings is 1. The predicted octanol–water partition coefficient (Wildman–Crippen LogP) is -0.308. The zero-order valence-electron chi connectivity index (χ0n) is 13.6. The number of aliphatic hydroxyl groups excluding tert-OH is 1. The van der Waals surface area contributed by atoms with E-state index >= 15 is 0 Å². The van der Waals surface area contributed by atoms with Crippen LogP contribution < -0.4 is 15.4 Å². The number of nitrogens with one attached hydrogen (secondary N) is 1. The van der Waals surface area contributed by atoms with E-state index in [1.54, 1.807) is 0 Å². The number of nitrogens with zero attached hydrogens (tertiary/aromatic N) is 1. The van der Waals surface area contributed by atoms with Crippen molar-refractivity contribution in [1.82, 2.24) is 4.72 Å². The molecule has 1 aromatic rings. The lowest BCUT2D eigenvalue weighted by Gasteiger charge is -2.33. The molecule has 0 aromatic heterocycles. The summed E-state index contributed by atoms with van der Waals surface area (Å²) in [7, 11) is -3.21. The summed E-state index contributed by atoms with van der Waals surface area (Å²) in [5, 5.41) is 9.83. The number of carbonyl (C=O) groups is 1. The van der Waals surface area contributed by atoms with Crippen molar-refractivity contribution in [2.24, 2.45) is 5.73 Å². The fourth-order valence-corrected chi connectivity index (χ4v) is 3.72. The number of hydrogen-bond acceptors (Lipinski definition) is 5. The van der Waals surface area contributed by atoms with Crippen molar-refractivity contribution in [3.05, 3.63) is 29.8 Å². The molecule has 24 heavy (non-hydrogen) atoms. The second kappa shape index (κ2) is 6.11. The molecule has 0 spiro atoms. The molecule has 132 valence electrons. The standard InChI is InChI=1S/C16H23N3O4S/c1-24(22,23)18-10-16(6-7-16)11-2-4-12(5-3-11)19-9-13(20)8-14(17)15(19)21/h2-5,13-14,18,20H,6-10,17H2,1H3/t13-,14-/m0/s1. The summed E-state index contributed by atoms with van der Waals surface area (Å²) < 4.78 is 25.2. The summed E-state index contributed by atoms with van der Waals surface area (Å²) in [5.74, 6) is -0.187. The van der Waals surface area contributed by atoms with E-state index in [0.717, 1.165) is 24.7 Å². The van der Waals surface area contributed by atoms with Crippen molar-refractivity contribution in [3.63, 3.8) is 0 Å². The number of anilines is 1. The van der Waals surface area contributed by atoms with Gasteiger partial charge >= 0.3 is 0 Å². The van der Waals surface area contributed by atoms with E-state index < -0.39 is 22.2 Å². The number of β-amino-alcohol motifs (C(OH)–C–C–N with tert-alkyl or cyclic N) is 1. The van der Waals surface area contributed by atoms with Gasteiger partial charge < -0.3 is 15.7 Å². The monoisotopic (exact) mass is 353 g/mol. The molecule has 2 atom stereocenters. The molecule has 1 amide bonds. The van der Waals surface area contributed by atoms with Crippen LogP contribution >= 0.6 is 0 Å². The topological polar surface area (TPSA) is 113 Å². The van der Waals surface area contributed by atoms with Crippen molar-refractivity contribution in [2.75, 3.05) is 24.2 Å². The minimum absolute atomic E-state index is 0.149. The van der Waals surface area contributed by atoms with Crippen molar-refractivity contribution >= 4 is 21.6 Å². The summed E-state index contributed by atoms with van der Waals surface area (Å²) in [5.41, 5.74) is 7.37. The maximum Gasteiger partial charge on any atom is 0.244 e. The number of benzene rings is 1. The van der Waals surface area contributed by atoms with Gasteiger partial charge in [0.1, 0.15) is 0 Å². The van der Waals surface area contributed by atoms with E-state index in [2.05, 4.69) is 4.72 Å². The SMILES string of the molecule is CS(=O)(=O)NCC1(c2ccc(N3C[C@@H](O)C[C@H](N)C3=O)cc2)CC1. The molecular formula is C16H23N3O4S. The molecule has 8 heteroatoms. The van der Waals surface area contributed by atoms with Gasteiger partial charge in [0.05, 0.1) is 24.9 Å². The number of hydrogen-bond donors (Lipinski definition) is 3. The molecule has 0 radical (unpaired) electrons. The first-order valence-electron chi connectivity index (χ1n) is 8.00. The summed E-state index contributed by atoms with van der Waals surface area (Å²) in [6, 6.07) is 6.83. The van der Waals surface area contributed by atoms with Gasteiger partial charge in [0.15, 0.2) is 0 Å². The van der Waals surface area contributed by atoms with Crippen LogP contribution in [0.5, 0.6) is 0 Å². The highest BCUT2D eigenvalue weighted by molar-refractivity contribution is 7.88. The third-order valence-electron chi connectivity index (χ3n) is 4.82. The van der Waals surface area contributed by atoms with Crippen LogP contribution in [0.4, 0.5) is 5.69 Å². The molecule has 1 aliphatic heterocycles. The first kappa shape index (κ1) is 17.3. The smallest absolute Gasteiger partial charge is 0.244 e. The Balaban J connectivity index is 1.75. The van der Waals surface area contributed by atoms with Gasteiger partial charge in [0.25, 0.3) is 0 Å². The Bertz CT molecular complexity index is 728. The van der Waals surface area contributed by atoms with Gasteiger partial charge in [0.2, 0.25) is 15.9 Å². The zero-order valence-corrected chi connectivity index (χ0v) is 14.4. The van der Waals surface area contributed by atoms with E-state index in [1.807, 2.05) is 24.3 Å². The van der Waals surface area contributed by atoms with E-state index in [4.69, 9.17) is 5.73 Å². The lowest BCUT2D eigenvalue weighted by molar-refractivity contribution is -0.122. The second-order valence-electron chi connectivity index (χ2n) is 6.87. The first-order chi connectivity index (χ1) is 11.2. The lowest BCUT2D eigenvalue weighted by atomic mass is 9.95. The van der Waals surface area contributed by atoms with Crippen LogP contribution in [0.3, 0.4) is 0 Å². The highest BCUT2D eigenvalue weighted by Crippen LogP contribution is 2.48. The van der Waals surface area contributed by atoms with Gasteiger partial charge in [-0.3, -0.25) is 4.79 Å². The molecule has 0 unspecified atom stereocenters. The normalized spacial score (nSPS) is 26.5. The summed E-state index contributed by atoms with van der Waals surface area (Å²) in [4.78, 5) is 13.7. The molecule has 7 nitrogen and oxygen atoms in total. The molecule has 3 rings (SSSR count). The van der Waals surface area contributed by atoms with Gasteiger partial charge in [-0.1, -0.05) is 12.1 Å². The average molecular weight is 353 g/mol. The summed E-state index contributed by atoms with van der Waals surface area (Å²) in [6.07, 6.45) is 2.68. The van der Waals surface area contributed by atoms with Crippen molar-refractivity contribution in [3.8, 4) is 0 Å². The van der Waals surface area contributed by atoms with Gasteiger partial charge in [-0.05, 0) is 37.0 Å². The summed E-state index contributed by atoms with van der Waals surface area (Å²) >= 11 is 0. The van der Waals surface area contributed by atoms with Crippen LogP contribution in [0, 0.1) is 0 Å². The van der Waals surface area contributed by atoms with Crippen molar-refractivity contribution < 1.29 is 18.3 Å². The molecule has 1 saturated carbocycles. The Morgan fingerprint density at radius 3 is 2.50 bits per heavy atom. The average Bonchev–Trinajstić information content (AvgIpc) is 3.30. The minimum atomic E-state index is -3.21. The molecule has 0 bridgehead atoms. The Hall–Kier alpha value is -1.48. The molecule has 1 aliphatic carbocycles. The molecule has 2 aliphatic rings. The molecular weight excluding hydrogens is 330 g/mol. The number of aliphatic hydroxyl groups is 1. The first-order valence-corrected chi connectivity index (χ1v) is 9.90. The molecule has 1 aromatic carbocycles. The molecule has 2 fully saturated rings. The Labute approximate surface area is 141 Å². The third-order valence-corrected chi connectivity index (χ3v) is 5.49. The van der Waals surface area contributed by atoms with E-state index in [9.17, 15) is 18.3 Å². The Morgan fingerprint density at radius 1 is 1.33 bits per heavy atom. The number of rotatable bonds is 5. The van der Waals surface area contributed by atoms with Gasteiger partial charge in [-0.2, -0.15) is 0 Å². The molecule has 1 saturated heterocycles. The van der Waals surface area contributed by atoms with E-state index in [-0.39, 0.29) is 24.3 Å². The van der Waals surface area contributed by atoms with Gasteiger partial charge in [-0.15, -0.1) is 0 Å². The predicted molar refractivity (Wildman–Crippen MR) is 91.2 cm³/mol. The molecule has 1 heterocycles. The number of amides is 1. The maximum absolute atomic E-state index is 12.2.